The lowest BCUT2D eigenvalue weighted by Gasteiger charge is -2.20. The van der Waals surface area contributed by atoms with Gasteiger partial charge in [0, 0.05) is 31.9 Å². The fourth-order valence-electron chi connectivity index (χ4n) is 4.28. The fraction of sp³-hybridized carbons (Fsp3) is 0.207. The number of hydrogen-bond donors (Lipinski definition) is 1. The monoisotopic (exact) mass is 464 g/mol. The molecule has 1 aliphatic carbocycles. The molecule has 3 aromatic carbocycles. The summed E-state index contributed by atoms with van der Waals surface area (Å²) in [6.07, 6.45) is 5.58. The predicted octanol–water partition coefficient (Wildman–Crippen LogP) is 4.90. The lowest BCUT2D eigenvalue weighted by molar-refractivity contribution is -0.119. The maximum absolute atomic E-state index is 13.1. The van der Waals surface area contributed by atoms with E-state index in [2.05, 4.69) is 40.7 Å². The lowest BCUT2D eigenvalue weighted by Crippen LogP contribution is -2.31. The van der Waals surface area contributed by atoms with Crippen LogP contribution >= 0.6 is 0 Å². The number of para-hydroxylation sites is 1. The highest BCUT2D eigenvalue weighted by Gasteiger charge is 2.33. The van der Waals surface area contributed by atoms with E-state index >= 15 is 0 Å². The standard InChI is InChI=1S/C29H28N4O2/c1-32(29(35)23-15-16-23)27-10-5-4-9-26(27)28(34)30-19-24-7-2-3-8-25(24)22-13-11-21(12-14-22)20-33-18-6-17-31-33/h2-14,17-18,23H,15-16,19-20H2,1H3,(H,30,34). The van der Waals surface area contributed by atoms with Crippen LogP contribution in [0.5, 0.6) is 0 Å². The average molecular weight is 465 g/mol. The largest absolute Gasteiger partial charge is 0.348 e. The first kappa shape index (κ1) is 22.6. The molecule has 0 saturated heterocycles. The van der Waals surface area contributed by atoms with E-state index < -0.39 is 0 Å². The number of rotatable bonds is 8. The molecule has 6 heteroatoms. The SMILES string of the molecule is CN(C(=O)C1CC1)c1ccccc1C(=O)NCc1ccccc1-c1ccc(Cn2cccn2)cc1. The summed E-state index contributed by atoms with van der Waals surface area (Å²) in [7, 11) is 1.75. The highest BCUT2D eigenvalue weighted by Crippen LogP contribution is 2.33. The topological polar surface area (TPSA) is 67.2 Å². The summed E-state index contributed by atoms with van der Waals surface area (Å²) < 4.78 is 1.89. The molecule has 0 aliphatic heterocycles. The van der Waals surface area contributed by atoms with E-state index in [4.69, 9.17) is 0 Å². The molecular weight excluding hydrogens is 436 g/mol. The summed E-state index contributed by atoms with van der Waals surface area (Å²) >= 11 is 0. The first-order valence-electron chi connectivity index (χ1n) is 11.9. The summed E-state index contributed by atoms with van der Waals surface area (Å²) in [5.41, 5.74) is 5.51. The van der Waals surface area contributed by atoms with Crippen LogP contribution in [-0.2, 0) is 17.9 Å². The van der Waals surface area contributed by atoms with Gasteiger partial charge in [0.05, 0.1) is 17.8 Å². The molecule has 0 unspecified atom stereocenters. The van der Waals surface area contributed by atoms with Gasteiger partial charge in [-0.1, -0.05) is 60.7 Å². The van der Waals surface area contributed by atoms with Crippen LogP contribution in [0.15, 0.2) is 91.3 Å². The third kappa shape index (κ3) is 5.17. The minimum absolute atomic E-state index is 0.0756. The molecule has 1 saturated carbocycles. The summed E-state index contributed by atoms with van der Waals surface area (Å²) in [6, 6.07) is 25.7. The van der Waals surface area contributed by atoms with Gasteiger partial charge in [0.25, 0.3) is 5.91 Å². The Labute approximate surface area is 205 Å². The minimum atomic E-state index is -0.194. The van der Waals surface area contributed by atoms with Gasteiger partial charge in [0.2, 0.25) is 5.91 Å². The van der Waals surface area contributed by atoms with Crippen molar-refractivity contribution in [3.63, 3.8) is 0 Å². The molecule has 0 spiro atoms. The molecule has 1 N–H and O–H groups in total. The van der Waals surface area contributed by atoms with Crippen molar-refractivity contribution in [3.05, 3.63) is 108 Å². The van der Waals surface area contributed by atoms with E-state index in [9.17, 15) is 9.59 Å². The second kappa shape index (κ2) is 9.97. The molecule has 1 aliphatic rings. The summed E-state index contributed by atoms with van der Waals surface area (Å²) in [4.78, 5) is 27.3. The van der Waals surface area contributed by atoms with Gasteiger partial charge in [0.1, 0.15) is 0 Å². The molecule has 6 nitrogen and oxygen atoms in total. The predicted molar refractivity (Wildman–Crippen MR) is 137 cm³/mol. The first-order chi connectivity index (χ1) is 17.1. The average Bonchev–Trinajstić information content (AvgIpc) is 3.63. The van der Waals surface area contributed by atoms with Crippen LogP contribution in [-0.4, -0.2) is 28.6 Å². The van der Waals surface area contributed by atoms with Crippen LogP contribution in [0.25, 0.3) is 11.1 Å². The lowest BCUT2D eigenvalue weighted by atomic mass is 9.98. The smallest absolute Gasteiger partial charge is 0.253 e. The Kier molecular flexibility index (Phi) is 6.44. The van der Waals surface area contributed by atoms with Crippen LogP contribution < -0.4 is 10.2 Å². The highest BCUT2D eigenvalue weighted by atomic mass is 16.2. The second-order valence-electron chi connectivity index (χ2n) is 8.93. The van der Waals surface area contributed by atoms with Gasteiger partial charge in [0.15, 0.2) is 0 Å². The van der Waals surface area contributed by atoms with E-state index in [0.29, 0.717) is 17.8 Å². The van der Waals surface area contributed by atoms with Crippen molar-refractivity contribution < 1.29 is 9.59 Å². The van der Waals surface area contributed by atoms with Gasteiger partial charge < -0.3 is 10.2 Å². The zero-order valence-corrected chi connectivity index (χ0v) is 19.7. The Hall–Kier alpha value is -4.19. The molecule has 2 amide bonds. The van der Waals surface area contributed by atoms with Crippen LogP contribution in [0.3, 0.4) is 0 Å². The molecule has 4 aromatic rings. The molecule has 0 radical (unpaired) electrons. The van der Waals surface area contributed by atoms with Crippen LogP contribution in [0.4, 0.5) is 5.69 Å². The van der Waals surface area contributed by atoms with E-state index in [0.717, 1.165) is 36.1 Å². The van der Waals surface area contributed by atoms with Gasteiger partial charge in [-0.25, -0.2) is 0 Å². The van der Waals surface area contributed by atoms with E-state index in [1.807, 2.05) is 53.3 Å². The normalized spacial score (nSPS) is 12.8. The number of carbonyl (C=O) groups excluding carboxylic acids is 2. The summed E-state index contributed by atoms with van der Waals surface area (Å²) in [6.45, 7) is 1.11. The molecule has 1 heterocycles. The quantitative estimate of drug-likeness (QED) is 0.403. The van der Waals surface area contributed by atoms with Gasteiger partial charge in [-0.05, 0) is 53.3 Å². The molecule has 176 valence electrons. The van der Waals surface area contributed by atoms with Crippen LogP contribution in [0.1, 0.15) is 34.3 Å². The van der Waals surface area contributed by atoms with E-state index in [1.54, 1.807) is 24.2 Å². The molecule has 35 heavy (non-hydrogen) atoms. The molecule has 0 atom stereocenters. The zero-order chi connectivity index (χ0) is 24.2. The van der Waals surface area contributed by atoms with Gasteiger partial charge in [-0.2, -0.15) is 5.10 Å². The van der Waals surface area contributed by atoms with E-state index in [-0.39, 0.29) is 17.7 Å². The first-order valence-corrected chi connectivity index (χ1v) is 11.9. The van der Waals surface area contributed by atoms with E-state index in [1.165, 1.54) is 5.56 Å². The third-order valence-electron chi connectivity index (χ3n) is 6.39. The number of benzene rings is 3. The Balaban J connectivity index is 1.30. The number of nitrogens with zero attached hydrogens (tertiary/aromatic N) is 3. The minimum Gasteiger partial charge on any atom is -0.348 e. The maximum Gasteiger partial charge on any atom is 0.253 e. The van der Waals surface area contributed by atoms with Crippen molar-refractivity contribution in [2.24, 2.45) is 5.92 Å². The summed E-state index contributed by atoms with van der Waals surface area (Å²) in [5, 5.41) is 7.32. The molecule has 1 aromatic heterocycles. The number of carbonyl (C=O) groups is 2. The molecule has 0 bridgehead atoms. The van der Waals surface area contributed by atoms with Crippen molar-refractivity contribution in [3.8, 4) is 11.1 Å². The number of amides is 2. The third-order valence-corrected chi connectivity index (χ3v) is 6.39. The van der Waals surface area contributed by atoms with Crippen molar-refractivity contribution in [2.75, 3.05) is 11.9 Å². The van der Waals surface area contributed by atoms with Crippen molar-refractivity contribution in [2.45, 2.75) is 25.9 Å². The van der Waals surface area contributed by atoms with Crippen molar-refractivity contribution >= 4 is 17.5 Å². The van der Waals surface area contributed by atoms with Crippen LogP contribution in [0, 0.1) is 5.92 Å². The Morgan fingerprint density at radius 3 is 2.46 bits per heavy atom. The molecule has 5 rings (SSSR count). The van der Waals surface area contributed by atoms with Crippen molar-refractivity contribution in [1.29, 1.82) is 0 Å². The fourth-order valence-corrected chi connectivity index (χ4v) is 4.28. The van der Waals surface area contributed by atoms with Gasteiger partial charge in [-0.15, -0.1) is 0 Å². The number of nitrogens with one attached hydrogen (secondary N) is 1. The highest BCUT2D eigenvalue weighted by molar-refractivity contribution is 6.05. The Morgan fingerprint density at radius 2 is 1.71 bits per heavy atom. The Bertz CT molecular complexity index is 1330. The maximum atomic E-state index is 13.1. The number of aromatic nitrogens is 2. The molecule has 1 fully saturated rings. The second-order valence-corrected chi connectivity index (χ2v) is 8.93. The number of anilines is 1. The number of hydrogen-bond acceptors (Lipinski definition) is 3. The zero-order valence-electron chi connectivity index (χ0n) is 19.7. The van der Waals surface area contributed by atoms with Gasteiger partial charge >= 0.3 is 0 Å². The molecular formula is C29H28N4O2. The van der Waals surface area contributed by atoms with Crippen LogP contribution in [0.2, 0.25) is 0 Å². The van der Waals surface area contributed by atoms with Gasteiger partial charge in [-0.3, -0.25) is 14.3 Å². The Morgan fingerprint density at radius 1 is 0.971 bits per heavy atom. The summed E-state index contributed by atoms with van der Waals surface area (Å²) in [5.74, 6) is -0.0269. The van der Waals surface area contributed by atoms with Crippen molar-refractivity contribution in [1.82, 2.24) is 15.1 Å².